The molecule has 0 radical (unpaired) electrons. The zero-order valence-electron chi connectivity index (χ0n) is 15.1. The van der Waals surface area contributed by atoms with Gasteiger partial charge in [0, 0.05) is 6.54 Å². The molecule has 2 aromatic rings. The number of hydrogen-bond donors (Lipinski definition) is 1. The third-order valence-electron chi connectivity index (χ3n) is 4.49. The summed E-state index contributed by atoms with van der Waals surface area (Å²) in [7, 11) is 1.57. The number of hydrogen-bond acceptors (Lipinski definition) is 7. The molecular weight excluding hydrogens is 372 g/mol. The number of aromatic amines is 1. The first kappa shape index (κ1) is 17.9. The van der Waals surface area contributed by atoms with Crippen LogP contribution in [0, 0.1) is 22.7 Å². The molecule has 2 aliphatic heterocycles. The van der Waals surface area contributed by atoms with Crippen LogP contribution in [0.3, 0.4) is 0 Å². The molecule has 0 aromatic heterocycles. The quantitative estimate of drug-likeness (QED) is 0.527. The second kappa shape index (κ2) is 6.91. The SMILES string of the molecule is COc1ccc(Cn2c3nc(=O)[nH]c(=O)c-3nc3cc(C#N)c(C#N)cc32)cc1. The molecule has 0 atom stereocenters. The Morgan fingerprint density at radius 2 is 1.76 bits per heavy atom. The van der Waals surface area contributed by atoms with Crippen molar-refractivity contribution in [3.05, 3.63) is 73.9 Å². The molecule has 4 rings (SSSR count). The Morgan fingerprint density at radius 3 is 2.41 bits per heavy atom. The molecule has 9 heteroatoms. The van der Waals surface area contributed by atoms with Gasteiger partial charge in [-0.05, 0) is 29.8 Å². The van der Waals surface area contributed by atoms with Crippen LogP contribution in [0.25, 0.3) is 22.6 Å². The van der Waals surface area contributed by atoms with Gasteiger partial charge in [-0.1, -0.05) is 12.1 Å². The van der Waals surface area contributed by atoms with Gasteiger partial charge in [0.05, 0.1) is 29.3 Å². The van der Waals surface area contributed by atoms with E-state index in [1.807, 2.05) is 24.3 Å². The van der Waals surface area contributed by atoms with Crippen molar-refractivity contribution in [1.82, 2.24) is 19.5 Å². The van der Waals surface area contributed by atoms with E-state index in [9.17, 15) is 20.1 Å². The Labute approximate surface area is 163 Å². The Kier molecular flexibility index (Phi) is 4.26. The Bertz CT molecular complexity index is 1420. The molecule has 2 aromatic carbocycles. The van der Waals surface area contributed by atoms with Gasteiger partial charge in [-0.15, -0.1) is 0 Å². The van der Waals surface area contributed by atoms with E-state index in [-0.39, 0.29) is 29.2 Å². The minimum atomic E-state index is -0.790. The van der Waals surface area contributed by atoms with E-state index in [1.54, 1.807) is 23.8 Å². The minimum absolute atomic E-state index is 0.0285. The number of ether oxygens (including phenoxy) is 1. The fourth-order valence-corrected chi connectivity index (χ4v) is 3.10. The lowest BCUT2D eigenvalue weighted by atomic mass is 10.1. The largest absolute Gasteiger partial charge is 0.497 e. The number of aromatic nitrogens is 4. The summed E-state index contributed by atoms with van der Waals surface area (Å²) in [5.74, 6) is 0.778. The molecule has 0 saturated heterocycles. The number of methoxy groups -OCH3 is 1. The highest BCUT2D eigenvalue weighted by Gasteiger charge is 2.20. The predicted molar refractivity (Wildman–Crippen MR) is 103 cm³/mol. The number of nitriles is 2. The smallest absolute Gasteiger partial charge is 0.349 e. The third-order valence-corrected chi connectivity index (χ3v) is 4.49. The van der Waals surface area contributed by atoms with E-state index in [1.165, 1.54) is 12.1 Å². The summed E-state index contributed by atoms with van der Waals surface area (Å²) in [5.41, 5.74) is 0.481. The van der Waals surface area contributed by atoms with E-state index in [2.05, 4.69) is 15.0 Å². The zero-order chi connectivity index (χ0) is 20.5. The minimum Gasteiger partial charge on any atom is -0.497 e. The first-order valence-electron chi connectivity index (χ1n) is 8.46. The standard InChI is InChI=1S/C20H12N6O3/c1-29-14-4-2-11(3-5-14)10-26-16-7-13(9-22)12(8-21)6-15(16)23-17-18(26)24-20(28)25-19(17)27/h2-7H,10H2,1H3,(H,25,27,28). The lowest BCUT2D eigenvalue weighted by Gasteiger charge is -2.17. The maximum absolute atomic E-state index is 12.3. The molecule has 29 heavy (non-hydrogen) atoms. The summed E-state index contributed by atoms with van der Waals surface area (Å²) in [5, 5.41) is 18.7. The summed E-state index contributed by atoms with van der Waals surface area (Å²) in [6.07, 6.45) is 0. The molecule has 0 bridgehead atoms. The van der Waals surface area contributed by atoms with Gasteiger partial charge in [-0.2, -0.15) is 15.5 Å². The average molecular weight is 384 g/mol. The summed E-state index contributed by atoms with van der Waals surface area (Å²) in [4.78, 5) is 34.5. The zero-order valence-corrected chi connectivity index (χ0v) is 15.1. The topological polar surface area (TPSA) is 137 Å². The van der Waals surface area contributed by atoms with Gasteiger partial charge >= 0.3 is 5.69 Å². The first-order chi connectivity index (χ1) is 14.0. The van der Waals surface area contributed by atoms with Gasteiger partial charge in [0.15, 0.2) is 11.5 Å². The van der Waals surface area contributed by atoms with Gasteiger partial charge in [0.1, 0.15) is 17.9 Å². The normalized spacial score (nSPS) is 10.6. The van der Waals surface area contributed by atoms with Gasteiger partial charge in [0.25, 0.3) is 5.56 Å². The van der Waals surface area contributed by atoms with Crippen molar-refractivity contribution in [3.63, 3.8) is 0 Å². The number of H-pyrrole nitrogens is 1. The molecule has 9 nitrogen and oxygen atoms in total. The monoisotopic (exact) mass is 384 g/mol. The van der Waals surface area contributed by atoms with Crippen LogP contribution in [-0.4, -0.2) is 26.6 Å². The second-order valence-electron chi connectivity index (χ2n) is 6.20. The van der Waals surface area contributed by atoms with Crippen LogP contribution in [0.2, 0.25) is 0 Å². The average Bonchev–Trinajstić information content (AvgIpc) is 2.73. The lowest BCUT2D eigenvalue weighted by Crippen LogP contribution is -2.29. The third kappa shape index (κ3) is 3.07. The van der Waals surface area contributed by atoms with E-state index in [0.717, 1.165) is 5.56 Å². The summed E-state index contributed by atoms with van der Waals surface area (Å²) in [6.45, 7) is 0.256. The van der Waals surface area contributed by atoms with Crippen LogP contribution in [0.1, 0.15) is 16.7 Å². The van der Waals surface area contributed by atoms with Gasteiger partial charge in [0.2, 0.25) is 0 Å². The molecule has 140 valence electrons. The molecule has 0 amide bonds. The molecule has 0 aliphatic carbocycles. The number of rotatable bonds is 3. The van der Waals surface area contributed by atoms with E-state index >= 15 is 0 Å². The first-order valence-corrected chi connectivity index (χ1v) is 8.46. The van der Waals surface area contributed by atoms with Crippen molar-refractivity contribution in [2.45, 2.75) is 6.54 Å². The molecular formula is C20H12N6O3. The predicted octanol–water partition coefficient (Wildman–Crippen LogP) is 1.38. The molecule has 2 heterocycles. The van der Waals surface area contributed by atoms with E-state index < -0.39 is 11.2 Å². The molecule has 0 unspecified atom stereocenters. The molecule has 2 aliphatic rings. The van der Waals surface area contributed by atoms with Crippen LogP contribution in [-0.2, 0) is 6.54 Å². The summed E-state index contributed by atoms with van der Waals surface area (Å²) in [6, 6.07) is 14.1. The summed E-state index contributed by atoms with van der Waals surface area (Å²) < 4.78 is 6.80. The Balaban J connectivity index is 2.06. The van der Waals surface area contributed by atoms with E-state index in [0.29, 0.717) is 16.8 Å². The molecule has 0 saturated carbocycles. The Hall–Kier alpha value is -4.50. The maximum atomic E-state index is 12.3. The van der Waals surface area contributed by atoms with Crippen LogP contribution < -0.4 is 16.0 Å². The highest BCUT2D eigenvalue weighted by Crippen LogP contribution is 2.25. The molecule has 0 fully saturated rings. The van der Waals surface area contributed by atoms with Crippen LogP contribution in [0.5, 0.6) is 5.75 Å². The van der Waals surface area contributed by atoms with Crippen molar-refractivity contribution in [2.75, 3.05) is 7.11 Å². The highest BCUT2D eigenvalue weighted by atomic mass is 16.5. The van der Waals surface area contributed by atoms with Crippen LogP contribution >= 0.6 is 0 Å². The fourth-order valence-electron chi connectivity index (χ4n) is 3.10. The van der Waals surface area contributed by atoms with Gasteiger partial charge in [-0.25, -0.2) is 9.78 Å². The number of nitrogens with zero attached hydrogens (tertiary/aromatic N) is 5. The van der Waals surface area contributed by atoms with Crippen molar-refractivity contribution in [1.29, 1.82) is 10.5 Å². The van der Waals surface area contributed by atoms with Gasteiger partial charge < -0.3 is 9.30 Å². The van der Waals surface area contributed by atoms with Crippen LogP contribution in [0.4, 0.5) is 0 Å². The molecule has 1 N–H and O–H groups in total. The van der Waals surface area contributed by atoms with Crippen molar-refractivity contribution in [3.8, 4) is 29.4 Å². The number of benzene rings is 2. The van der Waals surface area contributed by atoms with E-state index in [4.69, 9.17) is 4.74 Å². The number of fused-ring (bicyclic) bond motifs is 2. The van der Waals surface area contributed by atoms with Gasteiger partial charge in [-0.3, -0.25) is 9.78 Å². The van der Waals surface area contributed by atoms with Crippen LogP contribution in [0.15, 0.2) is 46.0 Å². The maximum Gasteiger partial charge on any atom is 0.349 e. The van der Waals surface area contributed by atoms with Crippen molar-refractivity contribution >= 4 is 11.0 Å². The molecule has 0 spiro atoms. The fraction of sp³-hybridized carbons (Fsp3) is 0.100. The van der Waals surface area contributed by atoms with Crippen molar-refractivity contribution in [2.24, 2.45) is 0 Å². The Morgan fingerprint density at radius 1 is 1.07 bits per heavy atom. The lowest BCUT2D eigenvalue weighted by molar-refractivity contribution is 0.414. The summed E-state index contributed by atoms with van der Waals surface area (Å²) >= 11 is 0. The second-order valence-corrected chi connectivity index (χ2v) is 6.20. The van der Waals surface area contributed by atoms with Crippen molar-refractivity contribution < 1.29 is 4.74 Å². The number of nitrogens with one attached hydrogen (secondary N) is 1. The highest BCUT2D eigenvalue weighted by molar-refractivity contribution is 5.83.